The Morgan fingerprint density at radius 2 is 1.89 bits per heavy atom. The Bertz CT molecular complexity index is 992. The van der Waals surface area contributed by atoms with Crippen LogP contribution in [0.1, 0.15) is 15.9 Å². The summed E-state index contributed by atoms with van der Waals surface area (Å²) in [5.74, 6) is 0.0319. The zero-order valence-electron chi connectivity index (χ0n) is 14.3. The van der Waals surface area contributed by atoms with E-state index in [9.17, 15) is 9.18 Å². The molecule has 136 valence electrons. The Morgan fingerprint density at radius 3 is 2.70 bits per heavy atom. The number of hydrogen-bond acceptors (Lipinski definition) is 6. The van der Waals surface area contributed by atoms with Gasteiger partial charge in [-0.1, -0.05) is 18.2 Å². The highest BCUT2D eigenvalue weighted by atomic mass is 19.1. The van der Waals surface area contributed by atoms with E-state index in [1.54, 1.807) is 0 Å². The minimum absolute atomic E-state index is 0.292. The van der Waals surface area contributed by atoms with E-state index in [1.165, 1.54) is 36.2 Å². The number of aromatic nitrogens is 2. The van der Waals surface area contributed by atoms with E-state index >= 15 is 0 Å². The first-order valence-corrected chi connectivity index (χ1v) is 8.41. The maximum atomic E-state index is 13.0. The second-order valence-electron chi connectivity index (χ2n) is 6.08. The molecule has 2 heterocycles. The number of rotatable bonds is 4. The van der Waals surface area contributed by atoms with Gasteiger partial charge in [0.1, 0.15) is 17.8 Å². The SMILES string of the molecule is Nc1c(NNC(=O)c2ccc(F)cc2)ncnc1N1CCc2ccccc21. The van der Waals surface area contributed by atoms with Crippen molar-refractivity contribution < 1.29 is 9.18 Å². The fourth-order valence-electron chi connectivity index (χ4n) is 3.05. The molecule has 1 aromatic heterocycles. The number of fused-ring (bicyclic) bond motifs is 1. The molecule has 2 aromatic carbocycles. The molecule has 3 aromatic rings. The summed E-state index contributed by atoms with van der Waals surface area (Å²) < 4.78 is 13.0. The highest BCUT2D eigenvalue weighted by Crippen LogP contribution is 2.37. The van der Waals surface area contributed by atoms with Crippen molar-refractivity contribution in [3.8, 4) is 0 Å². The highest BCUT2D eigenvalue weighted by molar-refractivity contribution is 5.95. The topological polar surface area (TPSA) is 96.2 Å². The highest BCUT2D eigenvalue weighted by Gasteiger charge is 2.24. The summed E-state index contributed by atoms with van der Waals surface area (Å²) in [6.07, 6.45) is 2.29. The first-order chi connectivity index (χ1) is 13.1. The summed E-state index contributed by atoms with van der Waals surface area (Å²) >= 11 is 0. The Balaban J connectivity index is 1.53. The summed E-state index contributed by atoms with van der Waals surface area (Å²) in [6, 6.07) is 13.3. The molecule has 0 atom stereocenters. The Hall–Kier alpha value is -3.68. The summed E-state index contributed by atoms with van der Waals surface area (Å²) in [5, 5.41) is 0. The summed E-state index contributed by atoms with van der Waals surface area (Å²) in [6.45, 7) is 0.766. The molecular formula is C19H17FN6O. The Kier molecular flexibility index (Phi) is 4.29. The van der Waals surface area contributed by atoms with Crippen LogP contribution in [0.3, 0.4) is 0 Å². The average Bonchev–Trinajstić information content (AvgIpc) is 3.11. The van der Waals surface area contributed by atoms with Gasteiger partial charge in [0.2, 0.25) is 0 Å². The third kappa shape index (κ3) is 3.24. The molecule has 27 heavy (non-hydrogen) atoms. The number of nitrogens with one attached hydrogen (secondary N) is 2. The van der Waals surface area contributed by atoms with Crippen LogP contribution in [0.4, 0.5) is 27.4 Å². The van der Waals surface area contributed by atoms with E-state index < -0.39 is 11.7 Å². The third-order valence-corrected chi connectivity index (χ3v) is 4.41. The van der Waals surface area contributed by atoms with Crippen LogP contribution in [0, 0.1) is 5.82 Å². The van der Waals surface area contributed by atoms with Crippen LogP contribution in [0.5, 0.6) is 0 Å². The molecule has 0 spiro atoms. The molecular weight excluding hydrogens is 347 g/mol. The number of nitrogens with two attached hydrogens (primary N) is 1. The fourth-order valence-corrected chi connectivity index (χ4v) is 3.05. The number of nitrogens with zero attached hydrogens (tertiary/aromatic N) is 3. The van der Waals surface area contributed by atoms with Gasteiger partial charge in [-0.3, -0.25) is 15.6 Å². The summed E-state index contributed by atoms with van der Waals surface area (Å²) in [5.41, 5.74) is 14.4. The lowest BCUT2D eigenvalue weighted by atomic mass is 10.2. The molecule has 0 unspecified atom stereocenters. The number of para-hydroxylation sites is 1. The van der Waals surface area contributed by atoms with Crippen LogP contribution in [0.25, 0.3) is 0 Å². The number of hydrogen-bond donors (Lipinski definition) is 3. The number of nitrogen functional groups attached to an aromatic ring is 1. The van der Waals surface area contributed by atoms with Crippen molar-refractivity contribution in [2.75, 3.05) is 22.6 Å². The number of carbonyl (C=O) groups is 1. The first kappa shape index (κ1) is 16.8. The van der Waals surface area contributed by atoms with Crippen molar-refractivity contribution in [3.05, 3.63) is 71.8 Å². The zero-order chi connectivity index (χ0) is 18.8. The van der Waals surface area contributed by atoms with E-state index in [-0.39, 0.29) is 0 Å². The number of anilines is 4. The molecule has 1 aliphatic rings. The molecule has 4 rings (SSSR count). The van der Waals surface area contributed by atoms with E-state index in [4.69, 9.17) is 5.73 Å². The normalized spacial score (nSPS) is 12.6. The maximum Gasteiger partial charge on any atom is 0.269 e. The number of amides is 1. The van der Waals surface area contributed by atoms with Crippen LogP contribution < -0.4 is 21.5 Å². The molecule has 0 bridgehead atoms. The molecule has 1 amide bonds. The van der Waals surface area contributed by atoms with E-state index in [0.29, 0.717) is 22.9 Å². The van der Waals surface area contributed by atoms with Gasteiger partial charge in [0.05, 0.1) is 0 Å². The molecule has 4 N–H and O–H groups in total. The third-order valence-electron chi connectivity index (χ3n) is 4.41. The van der Waals surface area contributed by atoms with Gasteiger partial charge < -0.3 is 10.6 Å². The second kappa shape index (κ2) is 6.91. The van der Waals surface area contributed by atoms with Crippen molar-refractivity contribution in [2.24, 2.45) is 0 Å². The standard InChI is InChI=1S/C19H17FN6O/c20-14-7-5-13(6-8-14)19(27)25-24-17-16(21)18(23-11-22-17)26-10-9-12-3-1-2-4-15(12)26/h1-8,11H,9-10,21H2,(H,25,27)(H,22,23,24). The van der Waals surface area contributed by atoms with Crippen molar-refractivity contribution >= 4 is 28.9 Å². The smallest absolute Gasteiger partial charge is 0.269 e. The van der Waals surface area contributed by atoms with Gasteiger partial charge in [0, 0.05) is 17.8 Å². The van der Waals surface area contributed by atoms with Gasteiger partial charge >= 0.3 is 0 Å². The molecule has 0 saturated heterocycles. The number of carbonyl (C=O) groups excluding carboxylic acids is 1. The monoisotopic (exact) mass is 364 g/mol. The number of hydrazine groups is 1. The number of halogens is 1. The predicted molar refractivity (Wildman–Crippen MR) is 101 cm³/mol. The predicted octanol–water partition coefficient (Wildman–Crippen LogP) is 2.65. The van der Waals surface area contributed by atoms with Gasteiger partial charge in [-0.25, -0.2) is 14.4 Å². The van der Waals surface area contributed by atoms with E-state index in [1.807, 2.05) is 23.1 Å². The lowest BCUT2D eigenvalue weighted by molar-refractivity contribution is 0.0962. The van der Waals surface area contributed by atoms with Gasteiger partial charge in [0.25, 0.3) is 5.91 Å². The average molecular weight is 364 g/mol. The minimum Gasteiger partial charge on any atom is -0.393 e. The van der Waals surface area contributed by atoms with Crippen molar-refractivity contribution in [2.45, 2.75) is 6.42 Å². The maximum absolute atomic E-state index is 13.0. The molecule has 8 heteroatoms. The number of benzene rings is 2. The molecule has 7 nitrogen and oxygen atoms in total. The van der Waals surface area contributed by atoms with E-state index in [0.717, 1.165) is 18.7 Å². The summed E-state index contributed by atoms with van der Waals surface area (Å²) in [7, 11) is 0. The Morgan fingerprint density at radius 1 is 1.11 bits per heavy atom. The Labute approximate surface area is 155 Å². The van der Waals surface area contributed by atoms with Gasteiger partial charge in [-0.05, 0) is 42.3 Å². The lowest BCUT2D eigenvalue weighted by Gasteiger charge is -2.21. The molecule has 0 aliphatic carbocycles. The van der Waals surface area contributed by atoms with Crippen molar-refractivity contribution in [1.82, 2.24) is 15.4 Å². The fraction of sp³-hybridized carbons (Fsp3) is 0.105. The van der Waals surface area contributed by atoms with Gasteiger partial charge in [0.15, 0.2) is 11.6 Å². The second-order valence-corrected chi connectivity index (χ2v) is 6.08. The van der Waals surface area contributed by atoms with Crippen molar-refractivity contribution in [1.29, 1.82) is 0 Å². The largest absolute Gasteiger partial charge is 0.393 e. The van der Waals surface area contributed by atoms with Crippen LogP contribution in [-0.2, 0) is 6.42 Å². The van der Waals surface area contributed by atoms with Gasteiger partial charge in [-0.2, -0.15) is 0 Å². The lowest BCUT2D eigenvalue weighted by Crippen LogP contribution is -2.30. The van der Waals surface area contributed by atoms with Crippen LogP contribution >= 0.6 is 0 Å². The first-order valence-electron chi connectivity index (χ1n) is 8.41. The minimum atomic E-state index is -0.430. The van der Waals surface area contributed by atoms with Gasteiger partial charge in [-0.15, -0.1) is 0 Å². The van der Waals surface area contributed by atoms with Crippen LogP contribution in [-0.4, -0.2) is 22.4 Å². The molecule has 0 saturated carbocycles. The summed E-state index contributed by atoms with van der Waals surface area (Å²) in [4.78, 5) is 22.6. The quantitative estimate of drug-likeness (QED) is 0.616. The van der Waals surface area contributed by atoms with Crippen LogP contribution in [0.2, 0.25) is 0 Å². The molecule has 0 radical (unpaired) electrons. The van der Waals surface area contributed by atoms with Crippen LogP contribution in [0.15, 0.2) is 54.9 Å². The molecule has 1 aliphatic heterocycles. The zero-order valence-corrected chi connectivity index (χ0v) is 14.3. The van der Waals surface area contributed by atoms with E-state index in [2.05, 4.69) is 26.9 Å². The van der Waals surface area contributed by atoms with Crippen molar-refractivity contribution in [3.63, 3.8) is 0 Å². The molecule has 0 fully saturated rings.